The van der Waals surface area contributed by atoms with E-state index in [0.717, 1.165) is 16.9 Å². The van der Waals surface area contributed by atoms with Crippen LogP contribution in [0.5, 0.6) is 0 Å². The highest BCUT2D eigenvalue weighted by Crippen LogP contribution is 2.26. The van der Waals surface area contributed by atoms with E-state index in [2.05, 4.69) is 26.0 Å². The lowest BCUT2D eigenvalue weighted by atomic mass is 10.2. The fraction of sp³-hybridized carbons (Fsp3) is 0.105. The SMILES string of the molecule is O=C(CSc1nnc(NC(=O)c2cc(-c3ccco3)on2)s1)NCc1ccccc1Cl. The number of halogens is 1. The van der Waals surface area contributed by atoms with Crippen molar-refractivity contribution in [3.63, 3.8) is 0 Å². The predicted octanol–water partition coefficient (Wildman–Crippen LogP) is 4.10. The second-order valence-corrected chi connectivity index (χ2v) is 8.64. The smallest absolute Gasteiger partial charge is 0.279 e. The molecule has 0 aliphatic heterocycles. The van der Waals surface area contributed by atoms with Crippen LogP contribution in [0.1, 0.15) is 16.1 Å². The Kier molecular flexibility index (Phi) is 6.65. The molecule has 9 nitrogen and oxygen atoms in total. The van der Waals surface area contributed by atoms with E-state index in [9.17, 15) is 9.59 Å². The van der Waals surface area contributed by atoms with Crippen LogP contribution in [0.4, 0.5) is 5.13 Å². The number of nitrogens with one attached hydrogen (secondary N) is 2. The highest BCUT2D eigenvalue weighted by molar-refractivity contribution is 8.01. The molecule has 3 aromatic heterocycles. The van der Waals surface area contributed by atoms with E-state index >= 15 is 0 Å². The Morgan fingerprint density at radius 3 is 2.81 bits per heavy atom. The summed E-state index contributed by atoms with van der Waals surface area (Å²) in [4.78, 5) is 24.4. The Balaban J connectivity index is 1.26. The molecule has 2 N–H and O–H groups in total. The number of hydrogen-bond acceptors (Lipinski definition) is 9. The molecule has 3 heterocycles. The number of amides is 2. The van der Waals surface area contributed by atoms with Crippen LogP contribution in [0.25, 0.3) is 11.5 Å². The van der Waals surface area contributed by atoms with Gasteiger partial charge < -0.3 is 14.3 Å². The van der Waals surface area contributed by atoms with Gasteiger partial charge in [-0.1, -0.05) is 58.1 Å². The minimum Gasteiger partial charge on any atom is -0.461 e. The van der Waals surface area contributed by atoms with E-state index in [1.165, 1.54) is 24.1 Å². The van der Waals surface area contributed by atoms with Gasteiger partial charge in [-0.05, 0) is 23.8 Å². The Hall–Kier alpha value is -3.15. The summed E-state index contributed by atoms with van der Waals surface area (Å²) < 4.78 is 10.8. The van der Waals surface area contributed by atoms with Gasteiger partial charge in [-0.25, -0.2) is 0 Å². The lowest BCUT2D eigenvalue weighted by molar-refractivity contribution is -0.118. The number of hydrogen-bond donors (Lipinski definition) is 2. The zero-order valence-corrected chi connectivity index (χ0v) is 18.1. The molecule has 4 aromatic rings. The van der Waals surface area contributed by atoms with Crippen molar-refractivity contribution in [1.82, 2.24) is 20.7 Å². The Labute approximate surface area is 189 Å². The number of anilines is 1. The van der Waals surface area contributed by atoms with E-state index in [4.69, 9.17) is 20.5 Å². The lowest BCUT2D eigenvalue weighted by Gasteiger charge is -2.05. The number of rotatable bonds is 8. The van der Waals surface area contributed by atoms with Gasteiger partial charge in [-0.15, -0.1) is 10.2 Å². The van der Waals surface area contributed by atoms with Crippen LogP contribution in [0, 0.1) is 0 Å². The van der Waals surface area contributed by atoms with Crippen LogP contribution < -0.4 is 10.6 Å². The quantitative estimate of drug-likeness (QED) is 0.288. The van der Waals surface area contributed by atoms with Crippen molar-refractivity contribution in [2.24, 2.45) is 0 Å². The van der Waals surface area contributed by atoms with E-state index < -0.39 is 5.91 Å². The Morgan fingerprint density at radius 2 is 2.00 bits per heavy atom. The lowest BCUT2D eigenvalue weighted by Crippen LogP contribution is -2.24. The molecule has 0 atom stereocenters. The number of nitrogens with zero attached hydrogens (tertiary/aromatic N) is 3. The molecule has 0 saturated heterocycles. The Morgan fingerprint density at radius 1 is 1.13 bits per heavy atom. The average Bonchev–Trinajstić information content (AvgIpc) is 3.53. The molecule has 0 unspecified atom stereocenters. The molecule has 0 saturated carbocycles. The van der Waals surface area contributed by atoms with Gasteiger partial charge in [-0.3, -0.25) is 14.9 Å². The summed E-state index contributed by atoms with van der Waals surface area (Å²) in [6.45, 7) is 0.341. The van der Waals surface area contributed by atoms with Gasteiger partial charge in [0.25, 0.3) is 5.91 Å². The molecule has 158 valence electrons. The van der Waals surface area contributed by atoms with Crippen LogP contribution in [0.2, 0.25) is 5.02 Å². The molecule has 31 heavy (non-hydrogen) atoms. The molecule has 0 spiro atoms. The van der Waals surface area contributed by atoms with Crippen molar-refractivity contribution in [2.45, 2.75) is 10.9 Å². The number of thioether (sulfide) groups is 1. The third-order valence-corrected chi connectivity index (χ3v) is 6.24. The van der Waals surface area contributed by atoms with E-state index in [1.54, 1.807) is 18.2 Å². The van der Waals surface area contributed by atoms with Gasteiger partial charge >= 0.3 is 0 Å². The van der Waals surface area contributed by atoms with Gasteiger partial charge in [0.2, 0.25) is 16.8 Å². The van der Waals surface area contributed by atoms with Crippen LogP contribution in [0.3, 0.4) is 0 Å². The summed E-state index contributed by atoms with van der Waals surface area (Å²) in [5, 5.41) is 17.9. The number of carbonyl (C=O) groups excluding carboxylic acids is 2. The maximum absolute atomic E-state index is 12.3. The highest BCUT2D eigenvalue weighted by Gasteiger charge is 2.17. The monoisotopic (exact) mass is 475 g/mol. The van der Waals surface area contributed by atoms with Crippen molar-refractivity contribution in [3.8, 4) is 11.5 Å². The van der Waals surface area contributed by atoms with Crippen LogP contribution >= 0.6 is 34.7 Å². The zero-order chi connectivity index (χ0) is 21.6. The molecule has 0 fully saturated rings. The molecule has 0 bridgehead atoms. The molecular weight excluding hydrogens is 462 g/mol. The first-order valence-corrected chi connectivity index (χ1v) is 11.0. The van der Waals surface area contributed by atoms with Crippen molar-refractivity contribution in [2.75, 3.05) is 11.1 Å². The number of furan rings is 1. The molecule has 0 radical (unpaired) electrons. The minimum absolute atomic E-state index is 0.0785. The first-order valence-electron chi connectivity index (χ1n) is 8.87. The molecule has 1 aromatic carbocycles. The van der Waals surface area contributed by atoms with Gasteiger partial charge in [0, 0.05) is 17.6 Å². The van der Waals surface area contributed by atoms with Gasteiger partial charge in [0.1, 0.15) is 0 Å². The maximum Gasteiger partial charge on any atom is 0.279 e. The summed E-state index contributed by atoms with van der Waals surface area (Å²) in [5.41, 5.74) is 0.918. The zero-order valence-electron chi connectivity index (χ0n) is 15.7. The number of benzene rings is 1. The first-order chi connectivity index (χ1) is 15.1. The largest absolute Gasteiger partial charge is 0.461 e. The second-order valence-electron chi connectivity index (χ2n) is 6.04. The normalized spacial score (nSPS) is 10.7. The van der Waals surface area contributed by atoms with Crippen molar-refractivity contribution < 1.29 is 18.5 Å². The Bertz CT molecular complexity index is 1190. The van der Waals surface area contributed by atoms with Crippen LogP contribution in [0.15, 0.2) is 62.0 Å². The average molecular weight is 476 g/mol. The molecule has 12 heteroatoms. The van der Waals surface area contributed by atoms with Crippen molar-refractivity contribution in [1.29, 1.82) is 0 Å². The van der Waals surface area contributed by atoms with Gasteiger partial charge in [0.05, 0.1) is 12.0 Å². The summed E-state index contributed by atoms with van der Waals surface area (Å²) in [5.74, 6) is 0.300. The standard InChI is InChI=1S/C19H14ClN5O4S2/c20-12-5-2-1-4-11(12)9-21-16(26)10-30-19-24-23-18(31-19)22-17(27)13-8-15(29-25-13)14-6-3-7-28-14/h1-8H,9-10H2,(H,21,26)(H,22,23,27). The minimum atomic E-state index is -0.494. The first kappa shape index (κ1) is 21.1. The summed E-state index contributed by atoms with van der Waals surface area (Å²) in [6.07, 6.45) is 1.50. The van der Waals surface area contributed by atoms with Gasteiger partial charge in [-0.2, -0.15) is 0 Å². The van der Waals surface area contributed by atoms with E-state index in [0.29, 0.717) is 27.4 Å². The fourth-order valence-electron chi connectivity index (χ4n) is 2.41. The van der Waals surface area contributed by atoms with E-state index in [1.807, 2.05) is 18.2 Å². The maximum atomic E-state index is 12.3. The fourth-order valence-corrected chi connectivity index (χ4v) is 4.19. The third kappa shape index (κ3) is 5.51. The van der Waals surface area contributed by atoms with Crippen LogP contribution in [-0.2, 0) is 11.3 Å². The number of carbonyl (C=O) groups is 2. The van der Waals surface area contributed by atoms with Gasteiger partial charge in [0.15, 0.2) is 15.8 Å². The second kappa shape index (κ2) is 9.77. The van der Waals surface area contributed by atoms with Crippen LogP contribution in [-0.4, -0.2) is 32.9 Å². The topological polar surface area (TPSA) is 123 Å². The predicted molar refractivity (Wildman–Crippen MR) is 116 cm³/mol. The van der Waals surface area contributed by atoms with Crippen molar-refractivity contribution in [3.05, 3.63) is 65.0 Å². The molecular formula is C19H14ClN5O4S2. The highest BCUT2D eigenvalue weighted by atomic mass is 35.5. The molecule has 0 aliphatic rings. The summed E-state index contributed by atoms with van der Waals surface area (Å²) in [6, 6.07) is 12.2. The van der Waals surface area contributed by atoms with Crippen molar-refractivity contribution >= 4 is 51.6 Å². The number of aromatic nitrogens is 3. The third-order valence-electron chi connectivity index (χ3n) is 3.89. The molecule has 0 aliphatic carbocycles. The molecule has 2 amide bonds. The van der Waals surface area contributed by atoms with E-state index in [-0.39, 0.29) is 22.5 Å². The summed E-state index contributed by atoms with van der Waals surface area (Å²) >= 11 is 8.44. The molecule has 4 rings (SSSR count). The summed E-state index contributed by atoms with van der Waals surface area (Å²) in [7, 11) is 0.